The van der Waals surface area contributed by atoms with Crippen LogP contribution in [0.25, 0.3) is 10.9 Å². The van der Waals surface area contributed by atoms with Crippen LogP contribution in [-0.4, -0.2) is 63.7 Å². The first-order chi connectivity index (χ1) is 16.7. The lowest BCUT2D eigenvalue weighted by Gasteiger charge is -2.40. The van der Waals surface area contributed by atoms with Gasteiger partial charge in [-0.05, 0) is 24.7 Å². The second-order valence-electron chi connectivity index (χ2n) is 9.87. The highest BCUT2D eigenvalue weighted by Gasteiger charge is 2.42. The van der Waals surface area contributed by atoms with E-state index in [0.29, 0.717) is 24.5 Å². The molecule has 35 heavy (non-hydrogen) atoms. The SMILES string of the molecule is Cn1c(N2CCC3(CCN(c4ncc(C(F)(F)F)cn4)C3)CC2)cc2c(cnn2C2COC2)c1=O. The van der Waals surface area contributed by atoms with Crippen molar-refractivity contribution in [1.82, 2.24) is 24.3 Å². The Balaban J connectivity index is 1.18. The first kappa shape index (κ1) is 22.3. The van der Waals surface area contributed by atoms with E-state index in [-0.39, 0.29) is 17.0 Å². The maximum Gasteiger partial charge on any atom is 0.419 e. The molecule has 3 aromatic rings. The Morgan fingerprint density at radius 1 is 1.03 bits per heavy atom. The van der Waals surface area contributed by atoms with Gasteiger partial charge in [-0.15, -0.1) is 0 Å². The van der Waals surface area contributed by atoms with Gasteiger partial charge in [-0.1, -0.05) is 0 Å². The van der Waals surface area contributed by atoms with Gasteiger partial charge in [-0.25, -0.2) is 9.97 Å². The number of rotatable bonds is 3. The van der Waals surface area contributed by atoms with E-state index in [2.05, 4.69) is 26.0 Å². The molecule has 3 aliphatic heterocycles. The van der Waals surface area contributed by atoms with E-state index in [4.69, 9.17) is 4.74 Å². The minimum atomic E-state index is -4.44. The summed E-state index contributed by atoms with van der Waals surface area (Å²) in [6.45, 7) is 4.23. The van der Waals surface area contributed by atoms with Gasteiger partial charge >= 0.3 is 6.18 Å². The molecule has 0 saturated carbocycles. The summed E-state index contributed by atoms with van der Waals surface area (Å²) in [5, 5.41) is 5.06. The van der Waals surface area contributed by atoms with E-state index in [9.17, 15) is 18.0 Å². The molecule has 3 saturated heterocycles. The Morgan fingerprint density at radius 3 is 2.29 bits per heavy atom. The lowest BCUT2D eigenvalue weighted by molar-refractivity contribution is -0.138. The fraction of sp³-hybridized carbons (Fsp3) is 0.565. The van der Waals surface area contributed by atoms with E-state index in [1.807, 2.05) is 9.58 Å². The van der Waals surface area contributed by atoms with Crippen LogP contribution >= 0.6 is 0 Å². The predicted molar refractivity (Wildman–Crippen MR) is 123 cm³/mol. The molecule has 0 bridgehead atoms. The molecule has 0 unspecified atom stereocenters. The summed E-state index contributed by atoms with van der Waals surface area (Å²) >= 11 is 0. The Hall–Kier alpha value is -3.15. The largest absolute Gasteiger partial charge is 0.419 e. The first-order valence-corrected chi connectivity index (χ1v) is 11.8. The third-order valence-electron chi connectivity index (χ3n) is 7.78. The molecule has 3 aromatic heterocycles. The van der Waals surface area contributed by atoms with E-state index >= 15 is 0 Å². The Bertz CT molecular complexity index is 1310. The summed E-state index contributed by atoms with van der Waals surface area (Å²) in [5.74, 6) is 1.22. The van der Waals surface area contributed by atoms with Crippen LogP contribution in [0.5, 0.6) is 0 Å². The van der Waals surface area contributed by atoms with Gasteiger partial charge in [0.2, 0.25) is 5.95 Å². The van der Waals surface area contributed by atoms with Crippen LogP contribution in [0.4, 0.5) is 24.9 Å². The van der Waals surface area contributed by atoms with E-state index in [1.54, 1.807) is 17.8 Å². The fourth-order valence-corrected chi connectivity index (χ4v) is 5.50. The van der Waals surface area contributed by atoms with E-state index in [0.717, 1.165) is 69.2 Å². The van der Waals surface area contributed by atoms with E-state index in [1.165, 1.54) is 0 Å². The topological polar surface area (TPSA) is 81.3 Å². The Kier molecular flexibility index (Phi) is 5.06. The number of fused-ring (bicyclic) bond motifs is 1. The number of halogens is 3. The van der Waals surface area contributed by atoms with Gasteiger partial charge in [0.05, 0.1) is 41.9 Å². The first-order valence-electron chi connectivity index (χ1n) is 11.8. The average Bonchev–Trinajstić information content (AvgIpc) is 3.41. The summed E-state index contributed by atoms with van der Waals surface area (Å²) < 4.78 is 47.4. The molecule has 9 nitrogen and oxygen atoms in total. The minimum Gasteiger partial charge on any atom is -0.377 e. The van der Waals surface area contributed by atoms with Crippen LogP contribution in [0.15, 0.2) is 29.5 Å². The molecule has 186 valence electrons. The highest BCUT2D eigenvalue weighted by Crippen LogP contribution is 2.42. The molecule has 6 rings (SSSR count). The highest BCUT2D eigenvalue weighted by atomic mass is 19.4. The third-order valence-corrected chi connectivity index (χ3v) is 7.78. The number of aromatic nitrogens is 5. The number of ether oxygens (including phenoxy) is 1. The Labute approximate surface area is 199 Å². The summed E-state index contributed by atoms with van der Waals surface area (Å²) in [7, 11) is 1.80. The van der Waals surface area contributed by atoms with Gasteiger partial charge in [0, 0.05) is 51.7 Å². The van der Waals surface area contributed by atoms with Crippen LogP contribution in [0.3, 0.4) is 0 Å². The van der Waals surface area contributed by atoms with Crippen LogP contribution in [0.1, 0.15) is 30.9 Å². The molecule has 0 N–H and O–H groups in total. The van der Waals surface area contributed by atoms with E-state index < -0.39 is 11.7 Å². The number of hydrogen-bond acceptors (Lipinski definition) is 7. The summed E-state index contributed by atoms with van der Waals surface area (Å²) in [6, 6.07) is 2.21. The molecule has 0 aliphatic carbocycles. The number of nitrogens with zero attached hydrogens (tertiary/aromatic N) is 7. The lowest BCUT2D eigenvalue weighted by atomic mass is 9.78. The van der Waals surface area contributed by atoms with Gasteiger partial charge in [-0.3, -0.25) is 14.0 Å². The summed E-state index contributed by atoms with van der Waals surface area (Å²) in [5.41, 5.74) is 0.00695. The zero-order valence-electron chi connectivity index (χ0n) is 19.3. The van der Waals surface area contributed by atoms with Crippen molar-refractivity contribution in [3.05, 3.63) is 40.6 Å². The average molecular weight is 490 g/mol. The molecule has 0 atom stereocenters. The van der Waals surface area contributed by atoms with Crippen molar-refractivity contribution in [1.29, 1.82) is 0 Å². The maximum absolute atomic E-state index is 13.0. The number of alkyl halides is 3. The van der Waals surface area contributed by atoms with Crippen molar-refractivity contribution >= 4 is 22.7 Å². The summed E-state index contributed by atoms with van der Waals surface area (Å²) in [6.07, 6.45) is 1.70. The zero-order valence-corrected chi connectivity index (χ0v) is 19.3. The molecule has 12 heteroatoms. The molecular weight excluding hydrogens is 463 g/mol. The fourth-order valence-electron chi connectivity index (χ4n) is 5.50. The molecule has 3 fully saturated rings. The minimum absolute atomic E-state index is 0.0595. The second-order valence-corrected chi connectivity index (χ2v) is 9.87. The second kappa shape index (κ2) is 7.94. The van der Waals surface area contributed by atoms with Crippen molar-refractivity contribution in [2.24, 2.45) is 12.5 Å². The van der Waals surface area contributed by atoms with Crippen molar-refractivity contribution in [3.8, 4) is 0 Å². The number of hydrogen-bond donors (Lipinski definition) is 0. The van der Waals surface area contributed by atoms with Crippen molar-refractivity contribution in [2.45, 2.75) is 31.5 Å². The van der Waals surface area contributed by atoms with Crippen LogP contribution in [0, 0.1) is 5.41 Å². The molecule has 0 aromatic carbocycles. The van der Waals surface area contributed by atoms with Crippen molar-refractivity contribution in [2.75, 3.05) is 49.2 Å². The normalized spacial score (nSPS) is 20.7. The molecule has 3 aliphatic rings. The molecular formula is C23H26F3N7O2. The smallest absolute Gasteiger partial charge is 0.377 e. The quantitative estimate of drug-likeness (QED) is 0.560. The van der Waals surface area contributed by atoms with Gasteiger partial charge < -0.3 is 14.5 Å². The standard InChI is InChI=1S/C23H26F3N7O2/c1-30-19(8-18-17(20(30)34)11-29-33(18)16-12-35-13-16)31-5-2-22(3-6-31)4-7-32(14-22)21-27-9-15(10-28-21)23(24,25)26/h8-11,16H,2-7,12-14H2,1H3. The van der Waals surface area contributed by atoms with Gasteiger partial charge in [0.1, 0.15) is 5.82 Å². The molecule has 0 radical (unpaired) electrons. The van der Waals surface area contributed by atoms with Crippen LogP contribution < -0.4 is 15.4 Å². The third kappa shape index (κ3) is 3.74. The number of anilines is 2. The van der Waals surface area contributed by atoms with Gasteiger partial charge in [0.25, 0.3) is 5.56 Å². The van der Waals surface area contributed by atoms with Gasteiger partial charge in [0.15, 0.2) is 0 Å². The maximum atomic E-state index is 13.0. The number of pyridine rings is 1. The Morgan fingerprint density at radius 2 is 1.69 bits per heavy atom. The lowest BCUT2D eigenvalue weighted by Crippen LogP contribution is -2.43. The summed E-state index contributed by atoms with van der Waals surface area (Å²) in [4.78, 5) is 25.2. The van der Waals surface area contributed by atoms with Crippen LogP contribution in [0.2, 0.25) is 0 Å². The number of piperidine rings is 1. The van der Waals surface area contributed by atoms with Crippen molar-refractivity contribution in [3.63, 3.8) is 0 Å². The molecule has 0 amide bonds. The molecule has 6 heterocycles. The molecule has 1 spiro atoms. The van der Waals surface area contributed by atoms with Crippen molar-refractivity contribution < 1.29 is 17.9 Å². The zero-order chi connectivity index (χ0) is 24.4. The predicted octanol–water partition coefficient (Wildman–Crippen LogP) is 2.61. The highest BCUT2D eigenvalue weighted by molar-refractivity contribution is 5.80. The van der Waals surface area contributed by atoms with Crippen LogP contribution in [-0.2, 0) is 18.0 Å². The van der Waals surface area contributed by atoms with Gasteiger partial charge in [-0.2, -0.15) is 18.3 Å². The monoisotopic (exact) mass is 489 g/mol.